The number of thiazole rings is 1. The molecule has 0 unspecified atom stereocenters. The molecule has 0 bridgehead atoms. The lowest BCUT2D eigenvalue weighted by Crippen LogP contribution is -2.48. The second kappa shape index (κ2) is 8.53. The van der Waals surface area contributed by atoms with Crippen molar-refractivity contribution in [2.75, 3.05) is 45.3 Å². The number of hydrogen-bond acceptors (Lipinski definition) is 6. The quantitative estimate of drug-likeness (QED) is 0.642. The van der Waals surface area contributed by atoms with Crippen LogP contribution in [0.2, 0.25) is 0 Å². The van der Waals surface area contributed by atoms with Crippen LogP contribution in [0.3, 0.4) is 0 Å². The second-order valence-electron chi connectivity index (χ2n) is 6.72. The number of aromatic nitrogens is 1. The third-order valence-electron chi connectivity index (χ3n) is 5.02. The van der Waals surface area contributed by atoms with Gasteiger partial charge in [-0.25, -0.2) is 4.98 Å². The van der Waals surface area contributed by atoms with Crippen LogP contribution in [0, 0.1) is 0 Å². The van der Waals surface area contributed by atoms with E-state index in [2.05, 4.69) is 22.0 Å². The van der Waals surface area contributed by atoms with E-state index in [1.54, 1.807) is 43.8 Å². The van der Waals surface area contributed by atoms with Crippen molar-refractivity contribution in [1.29, 1.82) is 0 Å². The van der Waals surface area contributed by atoms with Gasteiger partial charge in [-0.3, -0.25) is 4.79 Å². The molecular weight excluding hydrogens is 386 g/mol. The largest absolute Gasteiger partial charge is 0.493 e. The Morgan fingerprint density at radius 3 is 2.38 bits per heavy atom. The molecular formula is C22H23N3O3S. The number of carbonyl (C=O) groups is 1. The highest BCUT2D eigenvalue weighted by Gasteiger charge is 2.24. The maximum absolute atomic E-state index is 12.9. The van der Waals surface area contributed by atoms with E-state index < -0.39 is 0 Å². The zero-order valence-electron chi connectivity index (χ0n) is 16.5. The van der Waals surface area contributed by atoms with Crippen molar-refractivity contribution in [2.24, 2.45) is 0 Å². The molecule has 1 saturated heterocycles. The van der Waals surface area contributed by atoms with Crippen molar-refractivity contribution in [3.63, 3.8) is 0 Å². The average Bonchev–Trinajstić information content (AvgIpc) is 3.29. The first-order chi connectivity index (χ1) is 14.2. The summed E-state index contributed by atoms with van der Waals surface area (Å²) in [6, 6.07) is 15.6. The number of ether oxygens (including phenoxy) is 2. The number of piperazine rings is 1. The molecule has 1 fully saturated rings. The minimum absolute atomic E-state index is 0.00900. The van der Waals surface area contributed by atoms with Crippen LogP contribution < -0.4 is 14.4 Å². The number of rotatable bonds is 5. The van der Waals surface area contributed by atoms with E-state index in [4.69, 9.17) is 9.47 Å². The predicted molar refractivity (Wildman–Crippen MR) is 115 cm³/mol. The Balaban J connectivity index is 1.41. The van der Waals surface area contributed by atoms with Crippen LogP contribution in [0.1, 0.15) is 10.4 Å². The lowest BCUT2D eigenvalue weighted by Gasteiger charge is -2.34. The Bertz CT molecular complexity index is 982. The van der Waals surface area contributed by atoms with E-state index in [-0.39, 0.29) is 5.91 Å². The molecule has 150 valence electrons. The number of anilines is 1. The predicted octanol–water partition coefficient (Wildman–Crippen LogP) is 3.79. The molecule has 0 radical (unpaired) electrons. The molecule has 1 aliphatic heterocycles. The summed E-state index contributed by atoms with van der Waals surface area (Å²) in [7, 11) is 3.16. The molecule has 0 spiro atoms. The molecule has 0 atom stereocenters. The van der Waals surface area contributed by atoms with Crippen LogP contribution in [0.4, 0.5) is 5.13 Å². The number of methoxy groups -OCH3 is 2. The summed E-state index contributed by atoms with van der Waals surface area (Å²) in [5.41, 5.74) is 1.79. The van der Waals surface area contributed by atoms with Gasteiger partial charge in [-0.15, -0.1) is 0 Å². The van der Waals surface area contributed by atoms with Gasteiger partial charge in [-0.1, -0.05) is 41.7 Å². The SMILES string of the molecule is COc1ccc(C(=O)N2CCN(c3ncc(-c4ccccc4)s3)CC2)cc1OC. The lowest BCUT2D eigenvalue weighted by atomic mass is 10.1. The van der Waals surface area contributed by atoms with Gasteiger partial charge in [-0.2, -0.15) is 0 Å². The van der Waals surface area contributed by atoms with Gasteiger partial charge < -0.3 is 19.3 Å². The maximum atomic E-state index is 12.9. The Morgan fingerprint density at radius 1 is 0.966 bits per heavy atom. The summed E-state index contributed by atoms with van der Waals surface area (Å²) in [6.45, 7) is 2.85. The van der Waals surface area contributed by atoms with Gasteiger partial charge in [0.2, 0.25) is 0 Å². The first-order valence-electron chi connectivity index (χ1n) is 9.47. The van der Waals surface area contributed by atoms with Crippen LogP contribution in [-0.2, 0) is 0 Å². The van der Waals surface area contributed by atoms with Crippen molar-refractivity contribution >= 4 is 22.4 Å². The zero-order chi connectivity index (χ0) is 20.2. The smallest absolute Gasteiger partial charge is 0.254 e. The van der Waals surface area contributed by atoms with Gasteiger partial charge in [-0.05, 0) is 23.8 Å². The van der Waals surface area contributed by atoms with Crippen molar-refractivity contribution in [2.45, 2.75) is 0 Å². The number of carbonyl (C=O) groups excluding carboxylic acids is 1. The molecule has 1 aromatic heterocycles. The van der Waals surface area contributed by atoms with Gasteiger partial charge >= 0.3 is 0 Å². The van der Waals surface area contributed by atoms with E-state index in [0.29, 0.717) is 30.2 Å². The van der Waals surface area contributed by atoms with Gasteiger partial charge in [0.25, 0.3) is 5.91 Å². The molecule has 0 N–H and O–H groups in total. The fourth-order valence-electron chi connectivity index (χ4n) is 3.40. The fourth-order valence-corrected chi connectivity index (χ4v) is 4.37. The third-order valence-corrected chi connectivity index (χ3v) is 6.13. The second-order valence-corrected chi connectivity index (χ2v) is 7.73. The van der Waals surface area contributed by atoms with Crippen molar-refractivity contribution in [3.8, 4) is 21.9 Å². The van der Waals surface area contributed by atoms with Crippen LogP contribution in [-0.4, -0.2) is 56.2 Å². The standard InChI is InChI=1S/C22H23N3O3S/c1-27-18-9-8-17(14-19(18)28-2)21(26)24-10-12-25(13-11-24)22-23-15-20(29-22)16-6-4-3-5-7-16/h3-9,14-15H,10-13H2,1-2H3. The molecule has 4 rings (SSSR count). The van der Waals surface area contributed by atoms with Crippen LogP contribution in [0.15, 0.2) is 54.7 Å². The molecule has 0 aliphatic carbocycles. The Labute approximate surface area is 174 Å². The van der Waals surface area contributed by atoms with Crippen LogP contribution >= 0.6 is 11.3 Å². The maximum Gasteiger partial charge on any atom is 0.254 e. The summed E-state index contributed by atoms with van der Waals surface area (Å²) < 4.78 is 10.6. The average molecular weight is 410 g/mol. The summed E-state index contributed by atoms with van der Waals surface area (Å²) in [6.07, 6.45) is 1.93. The number of benzene rings is 2. The fraction of sp³-hybridized carbons (Fsp3) is 0.273. The minimum atomic E-state index is 0.00900. The van der Waals surface area contributed by atoms with Crippen molar-refractivity contribution in [3.05, 3.63) is 60.3 Å². The molecule has 0 saturated carbocycles. The van der Waals surface area contributed by atoms with E-state index in [9.17, 15) is 4.79 Å². The minimum Gasteiger partial charge on any atom is -0.493 e. The summed E-state index contributed by atoms with van der Waals surface area (Å²) in [5, 5.41) is 1.00. The number of amides is 1. The topological polar surface area (TPSA) is 54.9 Å². The highest BCUT2D eigenvalue weighted by Crippen LogP contribution is 2.32. The zero-order valence-corrected chi connectivity index (χ0v) is 17.3. The Kier molecular flexibility index (Phi) is 5.67. The van der Waals surface area contributed by atoms with Crippen molar-refractivity contribution in [1.82, 2.24) is 9.88 Å². The molecule has 29 heavy (non-hydrogen) atoms. The van der Waals surface area contributed by atoms with E-state index in [0.717, 1.165) is 23.1 Å². The van der Waals surface area contributed by atoms with E-state index in [1.807, 2.05) is 29.3 Å². The normalized spacial score (nSPS) is 14.0. The first kappa shape index (κ1) is 19.3. The Morgan fingerprint density at radius 2 is 1.69 bits per heavy atom. The van der Waals surface area contributed by atoms with Gasteiger partial charge in [0.1, 0.15) is 0 Å². The highest BCUT2D eigenvalue weighted by molar-refractivity contribution is 7.18. The Hall–Kier alpha value is -3.06. The first-order valence-corrected chi connectivity index (χ1v) is 10.3. The molecule has 3 aromatic rings. The molecule has 1 amide bonds. The molecule has 7 heteroatoms. The van der Waals surface area contributed by atoms with Gasteiger partial charge in [0.15, 0.2) is 16.6 Å². The van der Waals surface area contributed by atoms with Gasteiger partial charge in [0, 0.05) is 37.9 Å². The number of hydrogen-bond donors (Lipinski definition) is 0. The van der Waals surface area contributed by atoms with Crippen molar-refractivity contribution < 1.29 is 14.3 Å². The molecule has 6 nitrogen and oxygen atoms in total. The summed E-state index contributed by atoms with van der Waals surface area (Å²) in [4.78, 5) is 22.8. The molecule has 2 aromatic carbocycles. The third kappa shape index (κ3) is 4.05. The monoisotopic (exact) mass is 409 g/mol. The molecule has 1 aliphatic rings. The van der Waals surface area contributed by atoms with Crippen LogP contribution in [0.25, 0.3) is 10.4 Å². The van der Waals surface area contributed by atoms with E-state index >= 15 is 0 Å². The highest BCUT2D eigenvalue weighted by atomic mass is 32.1. The van der Waals surface area contributed by atoms with E-state index in [1.165, 1.54) is 5.56 Å². The number of nitrogens with zero attached hydrogens (tertiary/aromatic N) is 3. The molecule has 2 heterocycles. The summed E-state index contributed by atoms with van der Waals surface area (Å²) >= 11 is 1.69. The van der Waals surface area contributed by atoms with Gasteiger partial charge in [0.05, 0.1) is 19.1 Å². The lowest BCUT2D eigenvalue weighted by molar-refractivity contribution is 0.0746. The van der Waals surface area contributed by atoms with Crippen LogP contribution in [0.5, 0.6) is 11.5 Å². The summed E-state index contributed by atoms with van der Waals surface area (Å²) in [5.74, 6) is 1.19.